The van der Waals surface area contributed by atoms with Gasteiger partial charge in [0.1, 0.15) is 0 Å². The average Bonchev–Trinajstić information content (AvgIpc) is 2.01. The number of aryl methyl sites for hydroxylation is 1. The van der Waals surface area contributed by atoms with Crippen LogP contribution in [0.1, 0.15) is 26.5 Å². The van der Waals surface area contributed by atoms with Gasteiger partial charge in [0.05, 0.1) is 0 Å². The van der Waals surface area contributed by atoms with E-state index in [0.717, 1.165) is 11.6 Å². The highest BCUT2D eigenvalue weighted by Crippen LogP contribution is 2.16. The van der Waals surface area contributed by atoms with Crippen molar-refractivity contribution in [3.05, 3.63) is 18.0 Å². The number of anilines is 1. The molecule has 0 saturated carbocycles. The van der Waals surface area contributed by atoms with Crippen LogP contribution in [-0.2, 0) is 0 Å². The first-order valence-corrected chi connectivity index (χ1v) is 4.45. The van der Waals surface area contributed by atoms with Crippen molar-refractivity contribution in [3.63, 3.8) is 0 Å². The maximum atomic E-state index is 4.35. The first kappa shape index (κ1) is 9.96. The molecule has 0 spiro atoms. The minimum absolute atomic E-state index is 0.0633. The smallest absolute Gasteiger partial charge is 0.225 e. The topological polar surface area (TPSA) is 29.0 Å². The molecule has 1 heterocycles. The summed E-state index contributed by atoms with van der Waals surface area (Å²) in [4.78, 5) is 10.6. The SMILES string of the molecule is Cc1ccnc(N(C)C(C)(C)C)n1. The van der Waals surface area contributed by atoms with E-state index >= 15 is 0 Å². The summed E-state index contributed by atoms with van der Waals surface area (Å²) in [5.74, 6) is 0.785. The molecule has 0 fully saturated rings. The summed E-state index contributed by atoms with van der Waals surface area (Å²) in [5.41, 5.74) is 1.06. The summed E-state index contributed by atoms with van der Waals surface area (Å²) >= 11 is 0. The van der Waals surface area contributed by atoms with E-state index in [1.54, 1.807) is 6.20 Å². The lowest BCUT2D eigenvalue weighted by atomic mass is 10.1. The Kier molecular flexibility index (Phi) is 2.55. The van der Waals surface area contributed by atoms with Crippen LogP contribution >= 0.6 is 0 Å². The fraction of sp³-hybridized carbons (Fsp3) is 0.600. The van der Waals surface area contributed by atoms with Gasteiger partial charge in [0.2, 0.25) is 5.95 Å². The molecule has 0 saturated heterocycles. The molecule has 0 aliphatic carbocycles. The molecule has 0 aliphatic rings. The van der Waals surface area contributed by atoms with Crippen molar-refractivity contribution in [2.75, 3.05) is 11.9 Å². The summed E-state index contributed by atoms with van der Waals surface area (Å²) in [6.45, 7) is 8.39. The van der Waals surface area contributed by atoms with E-state index in [2.05, 4.69) is 35.6 Å². The number of aromatic nitrogens is 2. The quantitative estimate of drug-likeness (QED) is 0.660. The molecule has 72 valence electrons. The second-order valence-corrected chi connectivity index (χ2v) is 4.23. The molecule has 0 amide bonds. The number of hydrogen-bond acceptors (Lipinski definition) is 3. The van der Waals surface area contributed by atoms with E-state index in [4.69, 9.17) is 0 Å². The molecular formula is C10H17N3. The lowest BCUT2D eigenvalue weighted by molar-refractivity contribution is 0.527. The van der Waals surface area contributed by atoms with Crippen molar-refractivity contribution >= 4 is 5.95 Å². The molecule has 0 atom stereocenters. The third kappa shape index (κ3) is 2.41. The summed E-state index contributed by atoms with van der Waals surface area (Å²) in [7, 11) is 2.01. The van der Waals surface area contributed by atoms with Crippen molar-refractivity contribution in [2.24, 2.45) is 0 Å². The normalized spacial score (nSPS) is 11.5. The van der Waals surface area contributed by atoms with Gasteiger partial charge in [-0.25, -0.2) is 9.97 Å². The Labute approximate surface area is 79.8 Å². The molecule has 13 heavy (non-hydrogen) atoms. The van der Waals surface area contributed by atoms with Crippen LogP contribution in [-0.4, -0.2) is 22.6 Å². The molecule has 1 aromatic rings. The van der Waals surface area contributed by atoms with Crippen molar-refractivity contribution in [1.29, 1.82) is 0 Å². The van der Waals surface area contributed by atoms with Crippen LogP contribution in [0.3, 0.4) is 0 Å². The summed E-state index contributed by atoms with van der Waals surface area (Å²) in [5, 5.41) is 0. The Morgan fingerprint density at radius 2 is 1.92 bits per heavy atom. The van der Waals surface area contributed by atoms with Crippen LogP contribution in [0.4, 0.5) is 5.95 Å². The number of rotatable bonds is 1. The third-order valence-electron chi connectivity index (χ3n) is 2.09. The fourth-order valence-electron chi connectivity index (χ4n) is 0.897. The van der Waals surface area contributed by atoms with Gasteiger partial charge < -0.3 is 4.90 Å². The van der Waals surface area contributed by atoms with Crippen LogP contribution in [0.25, 0.3) is 0 Å². The van der Waals surface area contributed by atoms with Crippen molar-refractivity contribution in [2.45, 2.75) is 33.2 Å². The van der Waals surface area contributed by atoms with E-state index in [1.807, 2.05) is 20.0 Å². The van der Waals surface area contributed by atoms with Crippen LogP contribution in [0.2, 0.25) is 0 Å². The van der Waals surface area contributed by atoms with Gasteiger partial charge in [-0.15, -0.1) is 0 Å². The van der Waals surface area contributed by atoms with Crippen molar-refractivity contribution in [1.82, 2.24) is 9.97 Å². The van der Waals surface area contributed by atoms with Gasteiger partial charge in [0.15, 0.2) is 0 Å². The van der Waals surface area contributed by atoms with Gasteiger partial charge in [-0.05, 0) is 33.8 Å². The fourth-order valence-corrected chi connectivity index (χ4v) is 0.897. The molecule has 3 nitrogen and oxygen atoms in total. The zero-order chi connectivity index (χ0) is 10.1. The molecule has 0 radical (unpaired) electrons. The summed E-state index contributed by atoms with van der Waals surface area (Å²) in [6, 6.07) is 1.90. The van der Waals surface area contributed by atoms with Crippen LogP contribution in [0.15, 0.2) is 12.3 Å². The molecule has 1 aromatic heterocycles. The molecule has 0 N–H and O–H groups in total. The average molecular weight is 179 g/mol. The van der Waals surface area contributed by atoms with E-state index in [9.17, 15) is 0 Å². The lowest BCUT2D eigenvalue weighted by Gasteiger charge is -2.31. The highest BCUT2D eigenvalue weighted by Gasteiger charge is 2.19. The predicted octanol–water partition coefficient (Wildman–Crippen LogP) is 2.02. The zero-order valence-electron chi connectivity index (χ0n) is 9.00. The van der Waals surface area contributed by atoms with Gasteiger partial charge in [-0.3, -0.25) is 0 Å². The maximum Gasteiger partial charge on any atom is 0.225 e. The second-order valence-electron chi connectivity index (χ2n) is 4.23. The van der Waals surface area contributed by atoms with E-state index in [-0.39, 0.29) is 5.54 Å². The van der Waals surface area contributed by atoms with Gasteiger partial charge in [-0.2, -0.15) is 0 Å². The van der Waals surface area contributed by atoms with Gasteiger partial charge in [0.25, 0.3) is 0 Å². The lowest BCUT2D eigenvalue weighted by Crippen LogP contribution is -2.39. The summed E-state index contributed by atoms with van der Waals surface area (Å²) in [6.07, 6.45) is 1.79. The number of hydrogen-bond donors (Lipinski definition) is 0. The zero-order valence-corrected chi connectivity index (χ0v) is 9.00. The third-order valence-corrected chi connectivity index (χ3v) is 2.09. The molecule has 0 aromatic carbocycles. The van der Waals surface area contributed by atoms with E-state index < -0.39 is 0 Å². The number of nitrogens with zero attached hydrogens (tertiary/aromatic N) is 3. The van der Waals surface area contributed by atoms with Crippen molar-refractivity contribution < 1.29 is 0 Å². The van der Waals surface area contributed by atoms with Crippen LogP contribution in [0.5, 0.6) is 0 Å². The minimum atomic E-state index is 0.0633. The Morgan fingerprint density at radius 3 is 2.38 bits per heavy atom. The molecule has 0 unspecified atom stereocenters. The molecule has 3 heteroatoms. The molecule has 0 bridgehead atoms. The second kappa shape index (κ2) is 3.32. The highest BCUT2D eigenvalue weighted by molar-refractivity contribution is 5.32. The van der Waals surface area contributed by atoms with E-state index in [0.29, 0.717) is 0 Å². The van der Waals surface area contributed by atoms with Crippen LogP contribution in [0, 0.1) is 6.92 Å². The van der Waals surface area contributed by atoms with Gasteiger partial charge in [0, 0.05) is 24.5 Å². The first-order chi connectivity index (χ1) is 5.91. The first-order valence-electron chi connectivity index (χ1n) is 4.45. The summed E-state index contributed by atoms with van der Waals surface area (Å²) < 4.78 is 0. The monoisotopic (exact) mass is 179 g/mol. The molecular weight excluding hydrogens is 162 g/mol. The maximum absolute atomic E-state index is 4.35. The standard InChI is InChI=1S/C10H17N3/c1-8-6-7-11-9(12-8)13(5)10(2,3)4/h6-7H,1-5H3. The highest BCUT2D eigenvalue weighted by atomic mass is 15.3. The van der Waals surface area contributed by atoms with Gasteiger partial charge >= 0.3 is 0 Å². The minimum Gasteiger partial charge on any atom is -0.339 e. The molecule has 0 aliphatic heterocycles. The van der Waals surface area contributed by atoms with Gasteiger partial charge in [-0.1, -0.05) is 0 Å². The largest absolute Gasteiger partial charge is 0.339 e. The predicted molar refractivity (Wildman–Crippen MR) is 54.9 cm³/mol. The Morgan fingerprint density at radius 1 is 1.31 bits per heavy atom. The Bertz CT molecular complexity index is 288. The van der Waals surface area contributed by atoms with E-state index in [1.165, 1.54) is 0 Å². The van der Waals surface area contributed by atoms with Crippen molar-refractivity contribution in [3.8, 4) is 0 Å². The Hall–Kier alpha value is -1.12. The van der Waals surface area contributed by atoms with Crippen LogP contribution < -0.4 is 4.90 Å². The Balaban J connectivity index is 2.96. The molecule has 1 rings (SSSR count).